The van der Waals surface area contributed by atoms with Gasteiger partial charge in [-0.1, -0.05) is 12.1 Å². The van der Waals surface area contributed by atoms with Gasteiger partial charge in [-0.3, -0.25) is 4.79 Å². The third-order valence-corrected chi connectivity index (χ3v) is 6.60. The molecule has 3 rings (SSSR count). The lowest BCUT2D eigenvalue weighted by Crippen LogP contribution is -2.18. The van der Waals surface area contributed by atoms with E-state index in [-0.39, 0.29) is 18.0 Å². The van der Waals surface area contributed by atoms with Crippen LogP contribution in [0.25, 0.3) is 11.5 Å². The second kappa shape index (κ2) is 10.5. The Morgan fingerprint density at radius 1 is 1.00 bits per heavy atom. The van der Waals surface area contributed by atoms with Gasteiger partial charge in [-0.15, -0.1) is 0 Å². The number of rotatable bonds is 11. The molecule has 0 aliphatic heterocycles. The molecule has 8 nitrogen and oxygen atoms in total. The van der Waals surface area contributed by atoms with Crippen molar-refractivity contribution < 1.29 is 31.8 Å². The largest absolute Gasteiger partial charge is 0.497 e. The number of para-hydroxylation sites is 1. The predicted octanol–water partition coefficient (Wildman–Crippen LogP) is 3.79. The maximum atomic E-state index is 12.7. The molecule has 2 aromatic carbocycles. The minimum absolute atomic E-state index is 0.0671. The molecule has 0 aliphatic carbocycles. The number of carbonyl (C=O) groups is 1. The quantitative estimate of drug-likeness (QED) is 0.414. The van der Waals surface area contributed by atoms with Gasteiger partial charge in [-0.25, -0.2) is 13.4 Å². The second-order valence-corrected chi connectivity index (χ2v) is 9.54. The summed E-state index contributed by atoms with van der Waals surface area (Å²) >= 11 is 0. The smallest absolute Gasteiger partial charge is 0.226 e. The number of ether oxygens (including phenoxy) is 3. The lowest BCUT2D eigenvalue weighted by atomic mass is 10.1. The number of methoxy groups -OCH3 is 3. The molecule has 0 aliphatic rings. The number of oxazole rings is 1. The van der Waals surface area contributed by atoms with Crippen molar-refractivity contribution in [2.75, 3.05) is 27.1 Å². The van der Waals surface area contributed by atoms with Crippen LogP contribution in [-0.4, -0.2) is 46.3 Å². The molecule has 0 fully saturated rings. The fraction of sp³-hybridized carbons (Fsp3) is 0.333. The maximum absolute atomic E-state index is 12.7. The lowest BCUT2D eigenvalue weighted by Gasteiger charge is -2.12. The highest BCUT2D eigenvalue weighted by atomic mass is 32.2. The standard InChI is InChI=1S/C24H27NO7S/c1-16-21(25-24(32-16)18-9-12-20(29-2)13-10-18)15-33(27,28)14-19(26)11-8-17-6-5-7-22(30-3)23(17)31-4/h5-7,9-10,12-13H,8,11,14-15H2,1-4H3. The summed E-state index contributed by atoms with van der Waals surface area (Å²) in [5, 5.41) is 0. The van der Waals surface area contributed by atoms with Crippen LogP contribution in [0.1, 0.15) is 23.4 Å². The summed E-state index contributed by atoms with van der Waals surface area (Å²) in [6.45, 7) is 1.65. The number of ketones is 1. The van der Waals surface area contributed by atoms with E-state index in [1.165, 1.54) is 14.2 Å². The summed E-state index contributed by atoms with van der Waals surface area (Å²) in [5.41, 5.74) is 1.77. The van der Waals surface area contributed by atoms with Crippen LogP contribution in [0.3, 0.4) is 0 Å². The molecular formula is C24H27NO7S. The lowest BCUT2D eigenvalue weighted by molar-refractivity contribution is -0.116. The Hall–Kier alpha value is -3.33. The van der Waals surface area contributed by atoms with Crippen molar-refractivity contribution in [2.45, 2.75) is 25.5 Å². The van der Waals surface area contributed by atoms with E-state index in [4.69, 9.17) is 18.6 Å². The molecule has 0 spiro atoms. The Bertz CT molecular complexity index is 1210. The highest BCUT2D eigenvalue weighted by Crippen LogP contribution is 2.31. The normalized spacial score (nSPS) is 11.3. The van der Waals surface area contributed by atoms with Crippen LogP contribution >= 0.6 is 0 Å². The summed E-state index contributed by atoms with van der Waals surface area (Å²) in [5.74, 6) is 1.20. The number of aryl methyl sites for hydroxylation is 2. The van der Waals surface area contributed by atoms with E-state index in [9.17, 15) is 13.2 Å². The summed E-state index contributed by atoms with van der Waals surface area (Å²) in [6.07, 6.45) is 0.414. The molecular weight excluding hydrogens is 446 g/mol. The van der Waals surface area contributed by atoms with Crippen LogP contribution in [0.2, 0.25) is 0 Å². The van der Waals surface area contributed by atoms with E-state index < -0.39 is 15.6 Å². The zero-order chi connectivity index (χ0) is 24.0. The number of hydrogen-bond donors (Lipinski definition) is 0. The highest BCUT2D eigenvalue weighted by Gasteiger charge is 2.22. The van der Waals surface area contributed by atoms with Gasteiger partial charge in [0.2, 0.25) is 5.89 Å². The average molecular weight is 474 g/mol. The first kappa shape index (κ1) is 24.3. The highest BCUT2D eigenvalue weighted by molar-refractivity contribution is 7.91. The van der Waals surface area contributed by atoms with E-state index in [2.05, 4.69) is 4.98 Å². The Morgan fingerprint density at radius 2 is 1.73 bits per heavy atom. The van der Waals surface area contributed by atoms with Crippen LogP contribution in [-0.2, 0) is 26.8 Å². The van der Waals surface area contributed by atoms with Crippen LogP contribution < -0.4 is 14.2 Å². The van der Waals surface area contributed by atoms with Gasteiger partial charge in [0.15, 0.2) is 21.3 Å². The summed E-state index contributed by atoms with van der Waals surface area (Å²) in [7, 11) is 0.909. The van der Waals surface area contributed by atoms with E-state index in [0.717, 1.165) is 5.56 Å². The number of carbonyl (C=O) groups excluding carboxylic acids is 1. The Labute approximate surface area is 193 Å². The van der Waals surface area contributed by atoms with Gasteiger partial charge in [-0.05, 0) is 49.2 Å². The van der Waals surface area contributed by atoms with E-state index in [0.29, 0.717) is 46.6 Å². The van der Waals surface area contributed by atoms with Crippen molar-refractivity contribution in [3.8, 4) is 28.7 Å². The van der Waals surface area contributed by atoms with Crippen LogP contribution in [0.4, 0.5) is 0 Å². The first-order chi connectivity index (χ1) is 15.8. The molecule has 0 unspecified atom stereocenters. The van der Waals surface area contributed by atoms with Crippen LogP contribution in [0.5, 0.6) is 17.2 Å². The third kappa shape index (κ3) is 6.13. The number of Topliss-reactive ketones (excluding diaryl/α,β-unsaturated/α-hetero) is 1. The topological polar surface area (TPSA) is 105 Å². The number of sulfone groups is 1. The van der Waals surface area contributed by atoms with Crippen LogP contribution in [0.15, 0.2) is 46.9 Å². The number of aromatic nitrogens is 1. The molecule has 176 valence electrons. The molecule has 0 saturated carbocycles. The Morgan fingerprint density at radius 3 is 2.36 bits per heavy atom. The molecule has 3 aromatic rings. The predicted molar refractivity (Wildman–Crippen MR) is 124 cm³/mol. The van der Waals surface area contributed by atoms with Crippen molar-refractivity contribution in [3.63, 3.8) is 0 Å². The molecule has 0 bridgehead atoms. The molecule has 9 heteroatoms. The van der Waals surface area contributed by atoms with Crippen molar-refractivity contribution in [1.82, 2.24) is 4.98 Å². The summed E-state index contributed by atoms with van der Waals surface area (Å²) < 4.78 is 46.7. The monoisotopic (exact) mass is 473 g/mol. The van der Waals surface area contributed by atoms with Gasteiger partial charge < -0.3 is 18.6 Å². The molecule has 0 radical (unpaired) electrons. The summed E-state index contributed by atoms with van der Waals surface area (Å²) in [4.78, 5) is 16.8. The maximum Gasteiger partial charge on any atom is 0.226 e. The van der Waals surface area contributed by atoms with Crippen LogP contribution in [0, 0.1) is 6.92 Å². The van der Waals surface area contributed by atoms with E-state index >= 15 is 0 Å². The number of benzene rings is 2. The molecule has 33 heavy (non-hydrogen) atoms. The van der Waals surface area contributed by atoms with Gasteiger partial charge in [-0.2, -0.15) is 0 Å². The van der Waals surface area contributed by atoms with Crippen molar-refractivity contribution in [1.29, 1.82) is 0 Å². The fourth-order valence-electron chi connectivity index (χ4n) is 3.42. The van der Waals surface area contributed by atoms with Gasteiger partial charge in [0, 0.05) is 12.0 Å². The van der Waals surface area contributed by atoms with Crippen molar-refractivity contribution in [2.24, 2.45) is 0 Å². The first-order valence-electron chi connectivity index (χ1n) is 10.3. The van der Waals surface area contributed by atoms with E-state index in [1.807, 2.05) is 6.07 Å². The SMILES string of the molecule is COc1ccc(-c2nc(CS(=O)(=O)CC(=O)CCc3cccc(OC)c3OC)c(C)o2)cc1. The Balaban J connectivity index is 1.64. The molecule has 0 amide bonds. The fourth-order valence-corrected chi connectivity index (χ4v) is 4.84. The van der Waals surface area contributed by atoms with E-state index in [1.54, 1.807) is 50.4 Å². The molecule has 0 saturated heterocycles. The summed E-state index contributed by atoms with van der Waals surface area (Å²) in [6, 6.07) is 12.5. The van der Waals surface area contributed by atoms with Gasteiger partial charge >= 0.3 is 0 Å². The van der Waals surface area contributed by atoms with Gasteiger partial charge in [0.25, 0.3) is 0 Å². The van der Waals surface area contributed by atoms with Crippen molar-refractivity contribution in [3.05, 3.63) is 59.5 Å². The Kier molecular flexibility index (Phi) is 7.75. The minimum Gasteiger partial charge on any atom is -0.497 e. The molecule has 1 aromatic heterocycles. The zero-order valence-electron chi connectivity index (χ0n) is 19.1. The van der Waals surface area contributed by atoms with Crippen molar-refractivity contribution >= 4 is 15.6 Å². The van der Waals surface area contributed by atoms with Gasteiger partial charge in [0.05, 0.1) is 32.8 Å². The first-order valence-corrected chi connectivity index (χ1v) is 12.1. The molecule has 0 N–H and O–H groups in total. The number of hydrogen-bond acceptors (Lipinski definition) is 8. The minimum atomic E-state index is -3.72. The third-order valence-electron chi connectivity index (χ3n) is 5.12. The molecule has 1 heterocycles. The number of nitrogens with zero attached hydrogens (tertiary/aromatic N) is 1. The second-order valence-electron chi connectivity index (χ2n) is 7.47. The van der Waals surface area contributed by atoms with Gasteiger partial charge in [0.1, 0.15) is 23.0 Å². The molecule has 0 atom stereocenters. The average Bonchev–Trinajstić information content (AvgIpc) is 3.16. The zero-order valence-corrected chi connectivity index (χ0v) is 19.9.